The molecule has 0 aliphatic carbocycles. The van der Waals surface area contributed by atoms with Gasteiger partial charge in [-0.25, -0.2) is 0 Å². The Labute approximate surface area is 185 Å². The summed E-state index contributed by atoms with van der Waals surface area (Å²) < 4.78 is 0. The second-order valence-electron chi connectivity index (χ2n) is 10.7. The minimum absolute atomic E-state index is 0.0730. The Morgan fingerprint density at radius 1 is 0.633 bits per heavy atom. The third-order valence-corrected chi connectivity index (χ3v) is 7.82. The van der Waals surface area contributed by atoms with Gasteiger partial charge in [-0.1, -0.05) is 77.9 Å². The van der Waals surface area contributed by atoms with E-state index in [4.69, 9.17) is 0 Å². The monoisotopic (exact) mass is 406 g/mol. The molecule has 0 radical (unpaired) electrons. The summed E-state index contributed by atoms with van der Waals surface area (Å²) in [6.07, 6.45) is 0. The molecular formula is C28H42N2. The zero-order chi connectivity index (χ0) is 22.1. The maximum atomic E-state index is 2.70. The zero-order valence-corrected chi connectivity index (χ0v) is 20.5. The average Bonchev–Trinajstić information content (AvgIpc) is 2.73. The van der Waals surface area contributed by atoms with Gasteiger partial charge in [-0.2, -0.15) is 0 Å². The summed E-state index contributed by atoms with van der Waals surface area (Å²) in [5.41, 5.74) is 5.79. The molecule has 1 saturated heterocycles. The lowest BCUT2D eigenvalue weighted by Gasteiger charge is -2.52. The van der Waals surface area contributed by atoms with Crippen LogP contribution in [0.15, 0.2) is 48.5 Å². The Morgan fingerprint density at radius 2 is 1.07 bits per heavy atom. The van der Waals surface area contributed by atoms with Crippen LogP contribution in [0.1, 0.15) is 83.9 Å². The van der Waals surface area contributed by atoms with Gasteiger partial charge in [0.15, 0.2) is 0 Å². The number of hydrogen-bond donors (Lipinski definition) is 0. The van der Waals surface area contributed by atoms with Crippen molar-refractivity contribution in [2.24, 2.45) is 0 Å². The second kappa shape index (κ2) is 8.75. The first-order valence-electron chi connectivity index (χ1n) is 11.7. The molecule has 1 heterocycles. The quantitative estimate of drug-likeness (QED) is 0.520. The first-order chi connectivity index (χ1) is 14.0. The van der Waals surface area contributed by atoms with Gasteiger partial charge in [0, 0.05) is 42.8 Å². The molecule has 0 spiro atoms. The highest BCUT2D eigenvalue weighted by molar-refractivity contribution is 5.48. The fourth-order valence-corrected chi connectivity index (χ4v) is 4.63. The van der Waals surface area contributed by atoms with Crippen molar-refractivity contribution in [3.63, 3.8) is 0 Å². The van der Waals surface area contributed by atoms with E-state index in [9.17, 15) is 0 Å². The molecule has 2 aromatic carbocycles. The average molecular weight is 407 g/mol. The first-order valence-corrected chi connectivity index (χ1v) is 11.7. The minimum atomic E-state index is 0.0730. The van der Waals surface area contributed by atoms with Gasteiger partial charge in [0.2, 0.25) is 0 Å². The highest BCUT2D eigenvalue weighted by Gasteiger charge is 2.43. The summed E-state index contributed by atoms with van der Waals surface area (Å²) in [5, 5.41) is 0. The van der Waals surface area contributed by atoms with Gasteiger partial charge in [0.1, 0.15) is 0 Å². The Bertz CT molecular complexity index is 805. The number of nitrogens with zero attached hydrogens (tertiary/aromatic N) is 2. The van der Waals surface area contributed by atoms with E-state index in [1.807, 2.05) is 0 Å². The normalized spacial score (nSPS) is 16.5. The largest absolute Gasteiger partial charge is 0.369 e. The second-order valence-corrected chi connectivity index (χ2v) is 10.7. The SMILES string of the molecule is CC(C)c1ccc(N2CCN(C(C)(C)C(C)(C)c3ccc(C(C)C)cc3)CC2)cc1. The predicted molar refractivity (Wildman–Crippen MR) is 132 cm³/mol. The predicted octanol–water partition coefficient (Wildman–Crippen LogP) is 6.81. The van der Waals surface area contributed by atoms with E-state index < -0.39 is 0 Å². The van der Waals surface area contributed by atoms with Crippen LogP contribution in [0, 0.1) is 0 Å². The van der Waals surface area contributed by atoms with Crippen LogP contribution < -0.4 is 4.90 Å². The van der Waals surface area contributed by atoms with E-state index >= 15 is 0 Å². The highest BCUT2D eigenvalue weighted by atomic mass is 15.3. The zero-order valence-electron chi connectivity index (χ0n) is 20.5. The van der Waals surface area contributed by atoms with Crippen molar-refractivity contribution in [1.82, 2.24) is 4.90 Å². The van der Waals surface area contributed by atoms with Crippen LogP contribution in [-0.2, 0) is 5.41 Å². The first kappa shape index (κ1) is 22.9. The Kier molecular flexibility index (Phi) is 6.67. The number of piperazine rings is 1. The molecule has 1 aliphatic heterocycles. The summed E-state index contributed by atoms with van der Waals surface area (Å²) in [4.78, 5) is 5.24. The van der Waals surface area contributed by atoms with Gasteiger partial charge in [-0.3, -0.25) is 4.90 Å². The molecule has 1 aliphatic rings. The van der Waals surface area contributed by atoms with E-state index in [0.29, 0.717) is 11.8 Å². The third-order valence-electron chi connectivity index (χ3n) is 7.82. The van der Waals surface area contributed by atoms with Crippen molar-refractivity contribution < 1.29 is 0 Å². The summed E-state index contributed by atoms with van der Waals surface area (Å²) >= 11 is 0. The number of anilines is 1. The molecule has 2 aromatic rings. The molecule has 0 unspecified atom stereocenters. The molecule has 0 atom stereocenters. The summed E-state index contributed by atoms with van der Waals surface area (Å²) in [5.74, 6) is 1.17. The Hall–Kier alpha value is -1.80. The van der Waals surface area contributed by atoms with Crippen LogP contribution in [0.25, 0.3) is 0 Å². The van der Waals surface area contributed by atoms with Crippen LogP contribution in [0.3, 0.4) is 0 Å². The molecule has 164 valence electrons. The Morgan fingerprint density at radius 3 is 1.50 bits per heavy atom. The van der Waals surface area contributed by atoms with Crippen molar-refractivity contribution in [3.8, 4) is 0 Å². The number of rotatable bonds is 6. The van der Waals surface area contributed by atoms with Crippen LogP contribution in [0.4, 0.5) is 5.69 Å². The summed E-state index contributed by atoms with van der Waals surface area (Å²) in [6.45, 7) is 23.1. The van der Waals surface area contributed by atoms with Gasteiger partial charge in [-0.15, -0.1) is 0 Å². The van der Waals surface area contributed by atoms with E-state index in [1.54, 1.807) is 0 Å². The number of benzene rings is 2. The van der Waals surface area contributed by atoms with Crippen molar-refractivity contribution in [2.75, 3.05) is 31.1 Å². The molecular weight excluding hydrogens is 364 g/mol. The molecule has 0 N–H and O–H groups in total. The van der Waals surface area contributed by atoms with Crippen molar-refractivity contribution in [1.29, 1.82) is 0 Å². The van der Waals surface area contributed by atoms with Gasteiger partial charge in [0.05, 0.1) is 0 Å². The molecule has 2 heteroatoms. The molecule has 1 fully saturated rings. The van der Waals surface area contributed by atoms with E-state index in [-0.39, 0.29) is 11.0 Å². The van der Waals surface area contributed by atoms with Crippen molar-refractivity contribution in [2.45, 2.75) is 78.2 Å². The van der Waals surface area contributed by atoms with Crippen LogP contribution in [0.2, 0.25) is 0 Å². The van der Waals surface area contributed by atoms with Gasteiger partial charge >= 0.3 is 0 Å². The fraction of sp³-hybridized carbons (Fsp3) is 0.571. The third kappa shape index (κ3) is 4.44. The molecule has 0 bridgehead atoms. The van der Waals surface area contributed by atoms with Crippen molar-refractivity contribution in [3.05, 3.63) is 65.2 Å². The Balaban J connectivity index is 1.69. The molecule has 30 heavy (non-hydrogen) atoms. The number of hydrogen-bond acceptors (Lipinski definition) is 2. The highest BCUT2D eigenvalue weighted by Crippen LogP contribution is 2.40. The van der Waals surface area contributed by atoms with Crippen LogP contribution in [-0.4, -0.2) is 36.6 Å². The lowest BCUT2D eigenvalue weighted by atomic mass is 9.68. The topological polar surface area (TPSA) is 6.48 Å². The molecule has 0 aromatic heterocycles. The van der Waals surface area contributed by atoms with Crippen LogP contribution in [0.5, 0.6) is 0 Å². The lowest BCUT2D eigenvalue weighted by molar-refractivity contribution is 0.0494. The van der Waals surface area contributed by atoms with E-state index in [2.05, 4.69) is 114 Å². The summed E-state index contributed by atoms with van der Waals surface area (Å²) in [6, 6.07) is 18.5. The van der Waals surface area contributed by atoms with Crippen molar-refractivity contribution >= 4 is 5.69 Å². The molecule has 0 amide bonds. The van der Waals surface area contributed by atoms with Gasteiger partial charge < -0.3 is 4.90 Å². The molecule has 2 nitrogen and oxygen atoms in total. The van der Waals surface area contributed by atoms with Gasteiger partial charge in [-0.05, 0) is 54.5 Å². The van der Waals surface area contributed by atoms with E-state index in [1.165, 1.54) is 22.4 Å². The molecule has 3 rings (SSSR count). The molecule has 0 saturated carbocycles. The minimum Gasteiger partial charge on any atom is -0.369 e. The van der Waals surface area contributed by atoms with Gasteiger partial charge in [0.25, 0.3) is 0 Å². The summed E-state index contributed by atoms with van der Waals surface area (Å²) in [7, 11) is 0. The van der Waals surface area contributed by atoms with E-state index in [0.717, 1.165) is 26.2 Å². The lowest BCUT2D eigenvalue weighted by Crippen LogP contribution is -2.61. The fourth-order valence-electron chi connectivity index (χ4n) is 4.63. The van der Waals surface area contributed by atoms with Crippen LogP contribution >= 0.6 is 0 Å². The maximum Gasteiger partial charge on any atom is 0.0367 e. The standard InChI is InChI=1S/C28H42N2/c1-21(2)23-9-13-25(14-10-23)27(5,6)28(7,8)30-19-17-29(18-20-30)26-15-11-24(12-16-26)22(3)4/h9-16,21-22H,17-20H2,1-8H3. The maximum absolute atomic E-state index is 2.70. The smallest absolute Gasteiger partial charge is 0.0367 e.